The summed E-state index contributed by atoms with van der Waals surface area (Å²) in [4.78, 5) is 0. The fraction of sp³-hybridized carbons (Fsp3) is 0.368. The first-order valence-electron chi connectivity index (χ1n) is 7.88. The molecular weight excluding hydrogens is 258 g/mol. The normalized spacial score (nSPS) is 17.3. The van der Waals surface area contributed by atoms with Crippen molar-refractivity contribution < 1.29 is 4.74 Å². The zero-order valence-corrected chi connectivity index (χ0v) is 12.4. The number of aryl methyl sites for hydroxylation is 2. The predicted octanol–water partition coefficient (Wildman–Crippen LogP) is 4.03. The van der Waals surface area contributed by atoms with E-state index >= 15 is 0 Å². The molecule has 3 rings (SSSR count). The van der Waals surface area contributed by atoms with E-state index in [1.807, 2.05) is 0 Å². The van der Waals surface area contributed by atoms with Crippen LogP contribution in [-0.4, -0.2) is 6.61 Å². The minimum Gasteiger partial charge on any atom is -0.494 e. The maximum absolute atomic E-state index is 6.19. The molecule has 0 spiro atoms. The number of nitrogens with two attached hydrogens (primary N) is 1. The van der Waals surface area contributed by atoms with Gasteiger partial charge in [-0.2, -0.15) is 0 Å². The third kappa shape index (κ3) is 3.64. The first-order valence-corrected chi connectivity index (χ1v) is 7.88. The second-order valence-electron chi connectivity index (χ2n) is 5.80. The first kappa shape index (κ1) is 14.2. The largest absolute Gasteiger partial charge is 0.494 e. The molecule has 2 aromatic carbocycles. The fourth-order valence-corrected chi connectivity index (χ4v) is 3.01. The molecule has 0 aromatic heterocycles. The second kappa shape index (κ2) is 6.77. The van der Waals surface area contributed by atoms with Crippen molar-refractivity contribution in [1.29, 1.82) is 0 Å². The Balaban J connectivity index is 1.53. The van der Waals surface area contributed by atoms with E-state index in [1.54, 1.807) is 0 Å². The molecule has 1 aliphatic rings. The molecule has 0 saturated heterocycles. The Kier molecular flexibility index (Phi) is 4.56. The SMILES string of the molecule is N[C@@H]1CCCc2ccc(OCCCc3ccccc3)cc21. The van der Waals surface area contributed by atoms with Gasteiger partial charge in [-0.25, -0.2) is 0 Å². The van der Waals surface area contributed by atoms with Crippen molar-refractivity contribution in [1.82, 2.24) is 0 Å². The monoisotopic (exact) mass is 281 g/mol. The van der Waals surface area contributed by atoms with Crippen LogP contribution in [0.1, 0.15) is 42.0 Å². The van der Waals surface area contributed by atoms with E-state index in [0.29, 0.717) is 0 Å². The van der Waals surface area contributed by atoms with Crippen LogP contribution in [0.25, 0.3) is 0 Å². The summed E-state index contributed by atoms with van der Waals surface area (Å²) in [5.74, 6) is 0.958. The van der Waals surface area contributed by atoms with Crippen LogP contribution in [-0.2, 0) is 12.8 Å². The summed E-state index contributed by atoms with van der Waals surface area (Å²) in [5.41, 5.74) is 10.2. The van der Waals surface area contributed by atoms with Gasteiger partial charge < -0.3 is 10.5 Å². The van der Waals surface area contributed by atoms with Crippen LogP contribution in [0.2, 0.25) is 0 Å². The first-order chi connectivity index (χ1) is 10.3. The molecule has 2 nitrogen and oxygen atoms in total. The Morgan fingerprint density at radius 3 is 2.81 bits per heavy atom. The van der Waals surface area contributed by atoms with Crippen molar-refractivity contribution in [3.05, 3.63) is 65.2 Å². The zero-order valence-electron chi connectivity index (χ0n) is 12.4. The summed E-state index contributed by atoms with van der Waals surface area (Å²) in [6, 6.07) is 17.1. The molecule has 2 heteroatoms. The van der Waals surface area contributed by atoms with Crippen molar-refractivity contribution >= 4 is 0 Å². The molecule has 0 aliphatic heterocycles. The van der Waals surface area contributed by atoms with Crippen molar-refractivity contribution in [2.45, 2.75) is 38.1 Å². The van der Waals surface area contributed by atoms with Gasteiger partial charge in [-0.3, -0.25) is 0 Å². The molecular formula is C19H23NO. The molecule has 110 valence electrons. The smallest absolute Gasteiger partial charge is 0.119 e. The van der Waals surface area contributed by atoms with Gasteiger partial charge in [0.1, 0.15) is 5.75 Å². The zero-order chi connectivity index (χ0) is 14.5. The quantitative estimate of drug-likeness (QED) is 0.840. The van der Waals surface area contributed by atoms with Gasteiger partial charge in [0.15, 0.2) is 0 Å². The van der Waals surface area contributed by atoms with Gasteiger partial charge in [-0.1, -0.05) is 36.4 Å². The lowest BCUT2D eigenvalue weighted by molar-refractivity contribution is 0.310. The van der Waals surface area contributed by atoms with Gasteiger partial charge in [0.25, 0.3) is 0 Å². The lowest BCUT2D eigenvalue weighted by Crippen LogP contribution is -2.17. The van der Waals surface area contributed by atoms with Crippen LogP contribution in [0, 0.1) is 0 Å². The van der Waals surface area contributed by atoms with Crippen molar-refractivity contribution in [2.75, 3.05) is 6.61 Å². The highest BCUT2D eigenvalue weighted by Crippen LogP contribution is 2.30. The summed E-state index contributed by atoms with van der Waals surface area (Å²) >= 11 is 0. The molecule has 0 radical (unpaired) electrons. The Hall–Kier alpha value is -1.80. The highest BCUT2D eigenvalue weighted by Gasteiger charge is 2.17. The van der Waals surface area contributed by atoms with Gasteiger partial charge in [0.2, 0.25) is 0 Å². The summed E-state index contributed by atoms with van der Waals surface area (Å²) < 4.78 is 5.89. The molecule has 2 N–H and O–H groups in total. The average Bonchev–Trinajstić information content (AvgIpc) is 2.53. The summed E-state index contributed by atoms with van der Waals surface area (Å²) in [7, 11) is 0. The molecule has 0 saturated carbocycles. The van der Waals surface area contributed by atoms with E-state index in [-0.39, 0.29) is 6.04 Å². The summed E-state index contributed by atoms with van der Waals surface area (Å²) in [6.45, 7) is 0.753. The van der Waals surface area contributed by atoms with E-state index < -0.39 is 0 Å². The van der Waals surface area contributed by atoms with E-state index in [1.165, 1.54) is 23.1 Å². The Bertz CT molecular complexity index is 579. The number of rotatable bonds is 5. The third-order valence-corrected chi connectivity index (χ3v) is 4.20. The molecule has 0 heterocycles. The Labute approximate surface area is 126 Å². The highest BCUT2D eigenvalue weighted by molar-refractivity contribution is 5.39. The molecule has 0 fully saturated rings. The summed E-state index contributed by atoms with van der Waals surface area (Å²) in [6.07, 6.45) is 5.53. The van der Waals surface area contributed by atoms with E-state index in [0.717, 1.165) is 38.0 Å². The number of fused-ring (bicyclic) bond motifs is 1. The summed E-state index contributed by atoms with van der Waals surface area (Å²) in [5, 5.41) is 0. The number of hydrogen-bond donors (Lipinski definition) is 1. The van der Waals surface area contributed by atoms with E-state index in [9.17, 15) is 0 Å². The van der Waals surface area contributed by atoms with Crippen molar-refractivity contribution in [3.63, 3.8) is 0 Å². The topological polar surface area (TPSA) is 35.2 Å². The van der Waals surface area contributed by atoms with Crippen LogP contribution in [0.5, 0.6) is 5.75 Å². The molecule has 2 aromatic rings. The molecule has 0 amide bonds. The maximum Gasteiger partial charge on any atom is 0.119 e. The maximum atomic E-state index is 6.19. The number of benzene rings is 2. The number of ether oxygens (including phenoxy) is 1. The number of hydrogen-bond acceptors (Lipinski definition) is 2. The Morgan fingerprint density at radius 2 is 1.95 bits per heavy atom. The highest BCUT2D eigenvalue weighted by atomic mass is 16.5. The van der Waals surface area contributed by atoms with E-state index in [4.69, 9.17) is 10.5 Å². The van der Waals surface area contributed by atoms with Gasteiger partial charge in [-0.05, 0) is 60.9 Å². The molecule has 21 heavy (non-hydrogen) atoms. The van der Waals surface area contributed by atoms with Crippen LogP contribution < -0.4 is 10.5 Å². The third-order valence-electron chi connectivity index (χ3n) is 4.20. The van der Waals surface area contributed by atoms with Gasteiger partial charge in [0.05, 0.1) is 6.61 Å². The van der Waals surface area contributed by atoms with Gasteiger partial charge in [0, 0.05) is 6.04 Å². The van der Waals surface area contributed by atoms with Crippen LogP contribution in [0.4, 0.5) is 0 Å². The van der Waals surface area contributed by atoms with Crippen molar-refractivity contribution in [2.24, 2.45) is 5.73 Å². The van der Waals surface area contributed by atoms with E-state index in [2.05, 4.69) is 48.5 Å². The van der Waals surface area contributed by atoms with Crippen molar-refractivity contribution in [3.8, 4) is 5.75 Å². The average molecular weight is 281 g/mol. The van der Waals surface area contributed by atoms with Crippen LogP contribution in [0.3, 0.4) is 0 Å². The molecule has 0 bridgehead atoms. The minimum atomic E-state index is 0.182. The fourth-order valence-electron chi connectivity index (χ4n) is 3.01. The van der Waals surface area contributed by atoms with Gasteiger partial charge in [-0.15, -0.1) is 0 Å². The minimum absolute atomic E-state index is 0.182. The lowest BCUT2D eigenvalue weighted by Gasteiger charge is -2.22. The predicted molar refractivity (Wildman–Crippen MR) is 86.6 cm³/mol. The standard InChI is InChI=1S/C19H23NO/c20-19-10-4-9-16-11-12-17(14-18(16)19)21-13-5-8-15-6-2-1-3-7-15/h1-3,6-7,11-12,14,19H,4-5,8-10,13,20H2/t19-/m1/s1. The molecule has 0 unspecified atom stereocenters. The van der Waals surface area contributed by atoms with Gasteiger partial charge >= 0.3 is 0 Å². The van der Waals surface area contributed by atoms with Crippen LogP contribution >= 0.6 is 0 Å². The Morgan fingerprint density at radius 1 is 1.10 bits per heavy atom. The second-order valence-corrected chi connectivity index (χ2v) is 5.80. The lowest BCUT2D eigenvalue weighted by atomic mass is 9.88. The molecule has 1 atom stereocenters. The van der Waals surface area contributed by atoms with Crippen LogP contribution in [0.15, 0.2) is 48.5 Å². The molecule has 1 aliphatic carbocycles.